The van der Waals surface area contributed by atoms with E-state index in [4.69, 9.17) is 4.74 Å². The van der Waals surface area contributed by atoms with Crippen LogP contribution in [-0.4, -0.2) is 53.3 Å². The predicted octanol–water partition coefficient (Wildman–Crippen LogP) is 2.92. The molecule has 0 unspecified atom stereocenters. The van der Waals surface area contributed by atoms with Gasteiger partial charge in [0.25, 0.3) is 0 Å². The molecule has 6 nitrogen and oxygen atoms in total. The summed E-state index contributed by atoms with van der Waals surface area (Å²) in [7, 11) is 1.64. The summed E-state index contributed by atoms with van der Waals surface area (Å²) in [5.74, 6) is 1.96. The summed E-state index contributed by atoms with van der Waals surface area (Å²) in [5, 5.41) is 0. The van der Waals surface area contributed by atoms with Crippen LogP contribution in [0.15, 0.2) is 48.8 Å². The molecule has 2 atom stereocenters. The molecule has 0 N–H and O–H groups in total. The number of carbonyl (C=O) groups excluding carboxylic acids is 2. The van der Waals surface area contributed by atoms with Crippen LogP contribution < -0.4 is 4.74 Å². The number of nitrogens with zero attached hydrogens (tertiary/aromatic N) is 3. The summed E-state index contributed by atoms with van der Waals surface area (Å²) < 4.78 is 5.19. The van der Waals surface area contributed by atoms with Crippen LogP contribution in [0, 0.1) is 11.8 Å². The van der Waals surface area contributed by atoms with Crippen molar-refractivity contribution in [2.24, 2.45) is 11.8 Å². The third-order valence-electron chi connectivity index (χ3n) is 6.41. The third kappa shape index (κ3) is 4.81. The van der Waals surface area contributed by atoms with Crippen LogP contribution in [0.4, 0.5) is 0 Å². The Hall–Kier alpha value is -2.89. The van der Waals surface area contributed by atoms with Crippen LogP contribution in [0.3, 0.4) is 0 Å². The van der Waals surface area contributed by atoms with Gasteiger partial charge in [0, 0.05) is 45.0 Å². The number of hydrogen-bond acceptors (Lipinski definition) is 4. The maximum atomic E-state index is 12.9. The monoisotopic (exact) mass is 407 g/mol. The Labute approximate surface area is 177 Å². The average Bonchev–Trinajstić information content (AvgIpc) is 2.93. The summed E-state index contributed by atoms with van der Waals surface area (Å²) in [6.45, 7) is 2.86. The normalized spacial score (nSPS) is 21.7. The SMILES string of the molecule is COc1ccc(CC(=O)N2CC[C@@H]3CC(=O)N(Cc4cccnc4)CC[C@H]3C2)cc1. The van der Waals surface area contributed by atoms with Crippen molar-refractivity contribution in [3.05, 3.63) is 59.9 Å². The molecule has 4 rings (SSSR count). The molecule has 158 valence electrons. The summed E-state index contributed by atoms with van der Waals surface area (Å²) in [6, 6.07) is 11.6. The topological polar surface area (TPSA) is 62.7 Å². The number of likely N-dealkylation sites (tertiary alicyclic amines) is 2. The van der Waals surface area contributed by atoms with Crippen molar-refractivity contribution in [3.63, 3.8) is 0 Å². The van der Waals surface area contributed by atoms with E-state index in [2.05, 4.69) is 4.98 Å². The first-order valence-corrected chi connectivity index (χ1v) is 10.7. The van der Waals surface area contributed by atoms with E-state index in [1.54, 1.807) is 13.3 Å². The standard InChI is InChI=1S/C24H29N3O3/c1-30-22-6-4-18(5-7-22)13-23(28)27-11-8-20-14-24(29)26(12-9-21(20)17-27)16-19-3-2-10-25-15-19/h2-7,10,15,20-21H,8-9,11-14,16-17H2,1H3/t20-,21+/m1/s1. The lowest BCUT2D eigenvalue weighted by Gasteiger charge is -2.37. The van der Waals surface area contributed by atoms with E-state index >= 15 is 0 Å². The van der Waals surface area contributed by atoms with E-state index in [0.717, 1.165) is 49.4 Å². The van der Waals surface area contributed by atoms with Crippen LogP contribution in [-0.2, 0) is 22.6 Å². The number of benzene rings is 1. The highest BCUT2D eigenvalue weighted by atomic mass is 16.5. The molecule has 6 heteroatoms. The van der Waals surface area contributed by atoms with Gasteiger partial charge in [-0.25, -0.2) is 0 Å². The minimum absolute atomic E-state index is 0.168. The molecule has 1 aromatic heterocycles. The van der Waals surface area contributed by atoms with Gasteiger partial charge in [0.05, 0.1) is 13.5 Å². The van der Waals surface area contributed by atoms with Crippen molar-refractivity contribution >= 4 is 11.8 Å². The summed E-state index contributed by atoms with van der Waals surface area (Å²) in [5.41, 5.74) is 2.06. The molecule has 3 heterocycles. The Morgan fingerprint density at radius 1 is 1.10 bits per heavy atom. The Balaban J connectivity index is 1.35. The maximum Gasteiger partial charge on any atom is 0.226 e. The zero-order chi connectivity index (χ0) is 20.9. The van der Waals surface area contributed by atoms with Crippen molar-refractivity contribution in [2.45, 2.75) is 32.2 Å². The Morgan fingerprint density at radius 3 is 2.63 bits per heavy atom. The average molecular weight is 408 g/mol. The van der Waals surface area contributed by atoms with Gasteiger partial charge in [0.1, 0.15) is 5.75 Å². The molecular weight excluding hydrogens is 378 g/mol. The molecule has 1 aromatic carbocycles. The molecule has 0 saturated carbocycles. The van der Waals surface area contributed by atoms with Gasteiger partial charge < -0.3 is 14.5 Å². The fraction of sp³-hybridized carbons (Fsp3) is 0.458. The van der Waals surface area contributed by atoms with Crippen LogP contribution in [0.5, 0.6) is 5.75 Å². The minimum Gasteiger partial charge on any atom is -0.497 e. The molecule has 2 aromatic rings. The fourth-order valence-electron chi connectivity index (χ4n) is 4.61. The van der Waals surface area contributed by atoms with Crippen molar-refractivity contribution in [1.29, 1.82) is 0 Å². The van der Waals surface area contributed by atoms with Crippen LogP contribution in [0.2, 0.25) is 0 Å². The predicted molar refractivity (Wildman–Crippen MR) is 114 cm³/mol. The van der Waals surface area contributed by atoms with E-state index in [1.165, 1.54) is 0 Å². The zero-order valence-corrected chi connectivity index (χ0v) is 17.5. The molecule has 2 aliphatic rings. The number of piperidine rings is 1. The minimum atomic E-state index is 0.168. The van der Waals surface area contributed by atoms with Crippen molar-refractivity contribution in [1.82, 2.24) is 14.8 Å². The number of hydrogen-bond donors (Lipinski definition) is 0. The van der Waals surface area contributed by atoms with E-state index in [1.807, 2.05) is 52.4 Å². The number of pyridine rings is 1. The van der Waals surface area contributed by atoms with Crippen LogP contribution in [0.1, 0.15) is 30.4 Å². The molecule has 0 bridgehead atoms. The maximum absolute atomic E-state index is 12.9. The van der Waals surface area contributed by atoms with E-state index < -0.39 is 0 Å². The largest absolute Gasteiger partial charge is 0.497 e. The summed E-state index contributed by atoms with van der Waals surface area (Å²) in [4.78, 5) is 33.8. The second kappa shape index (κ2) is 9.28. The fourth-order valence-corrected chi connectivity index (χ4v) is 4.61. The van der Waals surface area contributed by atoms with Crippen molar-refractivity contribution in [2.75, 3.05) is 26.7 Å². The Morgan fingerprint density at radius 2 is 1.90 bits per heavy atom. The number of aromatic nitrogens is 1. The Bertz CT molecular complexity index is 869. The quantitative estimate of drug-likeness (QED) is 0.765. The van der Waals surface area contributed by atoms with Gasteiger partial charge in [-0.1, -0.05) is 18.2 Å². The van der Waals surface area contributed by atoms with Gasteiger partial charge >= 0.3 is 0 Å². The van der Waals surface area contributed by atoms with Gasteiger partial charge in [-0.3, -0.25) is 14.6 Å². The number of methoxy groups -OCH3 is 1. The van der Waals surface area contributed by atoms with Gasteiger partial charge in [0.15, 0.2) is 0 Å². The summed E-state index contributed by atoms with van der Waals surface area (Å²) in [6.07, 6.45) is 6.43. The Kier molecular flexibility index (Phi) is 6.31. The van der Waals surface area contributed by atoms with Crippen LogP contribution in [0.25, 0.3) is 0 Å². The molecule has 2 fully saturated rings. The summed E-state index contributed by atoms with van der Waals surface area (Å²) >= 11 is 0. The van der Waals surface area contributed by atoms with E-state index in [0.29, 0.717) is 31.2 Å². The second-order valence-electron chi connectivity index (χ2n) is 8.34. The van der Waals surface area contributed by atoms with Crippen molar-refractivity contribution < 1.29 is 14.3 Å². The molecule has 0 spiro atoms. The molecule has 30 heavy (non-hydrogen) atoms. The number of amides is 2. The molecule has 0 radical (unpaired) electrons. The second-order valence-corrected chi connectivity index (χ2v) is 8.34. The lowest BCUT2D eigenvalue weighted by molar-refractivity contribution is -0.133. The van der Waals surface area contributed by atoms with Gasteiger partial charge in [-0.2, -0.15) is 0 Å². The molecule has 2 amide bonds. The first-order chi connectivity index (χ1) is 14.6. The van der Waals surface area contributed by atoms with Gasteiger partial charge in [0.2, 0.25) is 11.8 Å². The first-order valence-electron chi connectivity index (χ1n) is 10.7. The van der Waals surface area contributed by atoms with E-state index in [-0.39, 0.29) is 11.8 Å². The first kappa shape index (κ1) is 20.4. The lowest BCUT2D eigenvalue weighted by Crippen LogP contribution is -2.44. The van der Waals surface area contributed by atoms with E-state index in [9.17, 15) is 9.59 Å². The molecule has 2 aliphatic heterocycles. The van der Waals surface area contributed by atoms with Gasteiger partial charge in [-0.15, -0.1) is 0 Å². The number of fused-ring (bicyclic) bond motifs is 1. The molecule has 0 aliphatic carbocycles. The number of carbonyl (C=O) groups is 2. The highest BCUT2D eigenvalue weighted by Gasteiger charge is 2.36. The zero-order valence-electron chi connectivity index (χ0n) is 17.5. The van der Waals surface area contributed by atoms with Gasteiger partial charge in [-0.05, 0) is 54.0 Å². The molecular formula is C24H29N3O3. The smallest absolute Gasteiger partial charge is 0.226 e. The number of ether oxygens (including phenoxy) is 1. The highest BCUT2D eigenvalue weighted by molar-refractivity contribution is 5.79. The number of rotatable bonds is 5. The van der Waals surface area contributed by atoms with Crippen LogP contribution >= 0.6 is 0 Å². The third-order valence-corrected chi connectivity index (χ3v) is 6.41. The highest BCUT2D eigenvalue weighted by Crippen LogP contribution is 2.33. The molecule has 2 saturated heterocycles. The lowest BCUT2D eigenvalue weighted by atomic mass is 9.82. The van der Waals surface area contributed by atoms with Crippen molar-refractivity contribution in [3.8, 4) is 5.75 Å².